The molecule has 2 aromatic rings. The van der Waals surface area contributed by atoms with Gasteiger partial charge in [0.15, 0.2) is 5.75 Å². The van der Waals surface area contributed by atoms with Gasteiger partial charge in [0.25, 0.3) is 0 Å². The monoisotopic (exact) mass is 294 g/mol. The molecule has 0 saturated heterocycles. The lowest BCUT2D eigenvalue weighted by atomic mass is 10.3. The predicted molar refractivity (Wildman–Crippen MR) is 67.1 cm³/mol. The molecule has 2 aromatic heterocycles. The van der Waals surface area contributed by atoms with E-state index in [1.807, 2.05) is 24.3 Å². The van der Waals surface area contributed by atoms with Gasteiger partial charge in [-0.15, -0.1) is 0 Å². The first kappa shape index (κ1) is 11.9. The van der Waals surface area contributed by atoms with Gasteiger partial charge in [0, 0.05) is 12.4 Å². The van der Waals surface area contributed by atoms with E-state index in [4.69, 9.17) is 9.47 Å². The molecule has 0 N–H and O–H groups in total. The maximum Gasteiger partial charge on any atom is 0.219 e. The first-order valence-corrected chi connectivity index (χ1v) is 5.82. The van der Waals surface area contributed by atoms with Gasteiger partial charge in [-0.3, -0.25) is 0 Å². The number of rotatable bonds is 4. The van der Waals surface area contributed by atoms with E-state index in [-0.39, 0.29) is 0 Å². The zero-order valence-corrected chi connectivity index (χ0v) is 10.8. The molecular formula is C12H11BrN2O2. The third-order valence-corrected chi connectivity index (χ3v) is 2.75. The predicted octanol–water partition coefficient (Wildman–Crippen LogP) is 2.83. The molecule has 0 aliphatic carbocycles. The van der Waals surface area contributed by atoms with E-state index in [0.29, 0.717) is 22.8 Å². The SMILES string of the molecule is COc1ncccc1COc1cccnc1Br. The van der Waals surface area contributed by atoms with Crippen LogP contribution in [0.5, 0.6) is 11.6 Å². The summed E-state index contributed by atoms with van der Waals surface area (Å²) in [7, 11) is 1.59. The first-order chi connectivity index (χ1) is 8.31. The average Bonchev–Trinajstić information content (AvgIpc) is 2.38. The van der Waals surface area contributed by atoms with Gasteiger partial charge in [-0.25, -0.2) is 9.97 Å². The van der Waals surface area contributed by atoms with Crippen LogP contribution in [0.15, 0.2) is 41.3 Å². The van der Waals surface area contributed by atoms with Crippen LogP contribution in [0.4, 0.5) is 0 Å². The lowest BCUT2D eigenvalue weighted by molar-refractivity contribution is 0.291. The van der Waals surface area contributed by atoms with Crippen molar-refractivity contribution in [3.8, 4) is 11.6 Å². The van der Waals surface area contributed by atoms with Crippen LogP contribution >= 0.6 is 15.9 Å². The molecule has 17 heavy (non-hydrogen) atoms. The van der Waals surface area contributed by atoms with Crippen molar-refractivity contribution in [1.82, 2.24) is 9.97 Å². The largest absolute Gasteiger partial charge is 0.486 e. The Bertz CT molecular complexity index is 505. The van der Waals surface area contributed by atoms with E-state index in [9.17, 15) is 0 Å². The van der Waals surface area contributed by atoms with Crippen LogP contribution in [-0.2, 0) is 6.61 Å². The van der Waals surface area contributed by atoms with E-state index in [1.54, 1.807) is 19.5 Å². The highest BCUT2D eigenvalue weighted by molar-refractivity contribution is 9.10. The fourth-order valence-electron chi connectivity index (χ4n) is 1.35. The van der Waals surface area contributed by atoms with Crippen LogP contribution in [0, 0.1) is 0 Å². The van der Waals surface area contributed by atoms with Gasteiger partial charge < -0.3 is 9.47 Å². The molecule has 0 aromatic carbocycles. The molecule has 5 heteroatoms. The van der Waals surface area contributed by atoms with E-state index in [1.165, 1.54) is 0 Å². The summed E-state index contributed by atoms with van der Waals surface area (Å²) in [5, 5.41) is 0. The summed E-state index contributed by atoms with van der Waals surface area (Å²) in [6, 6.07) is 7.43. The number of hydrogen-bond acceptors (Lipinski definition) is 4. The molecule has 0 aliphatic rings. The van der Waals surface area contributed by atoms with Crippen molar-refractivity contribution in [1.29, 1.82) is 0 Å². The van der Waals surface area contributed by atoms with Gasteiger partial charge in [0.2, 0.25) is 5.88 Å². The minimum Gasteiger partial charge on any atom is -0.486 e. The molecule has 2 rings (SSSR count). The molecule has 0 aliphatic heterocycles. The molecule has 88 valence electrons. The molecule has 0 unspecified atom stereocenters. The van der Waals surface area contributed by atoms with Gasteiger partial charge in [-0.1, -0.05) is 0 Å². The summed E-state index contributed by atoms with van der Waals surface area (Å²) in [6.07, 6.45) is 3.38. The Hall–Kier alpha value is -1.62. The topological polar surface area (TPSA) is 44.2 Å². The Labute approximate surface area is 108 Å². The average molecular weight is 295 g/mol. The molecule has 0 bridgehead atoms. The van der Waals surface area contributed by atoms with Crippen LogP contribution in [0.1, 0.15) is 5.56 Å². The van der Waals surface area contributed by atoms with Crippen molar-refractivity contribution in [2.45, 2.75) is 6.61 Å². The Morgan fingerprint density at radius 2 is 1.94 bits per heavy atom. The summed E-state index contributed by atoms with van der Waals surface area (Å²) >= 11 is 3.32. The van der Waals surface area contributed by atoms with Crippen molar-refractivity contribution >= 4 is 15.9 Å². The summed E-state index contributed by atoms with van der Waals surface area (Å²) in [5.74, 6) is 1.27. The number of ether oxygens (including phenoxy) is 2. The standard InChI is InChI=1S/C12H11BrN2O2/c1-16-12-9(4-2-7-15-12)8-17-10-5-3-6-14-11(10)13/h2-7H,8H2,1H3. The summed E-state index contributed by atoms with van der Waals surface area (Å²) < 4.78 is 11.5. The molecule has 0 atom stereocenters. The lowest BCUT2D eigenvalue weighted by Crippen LogP contribution is -2.00. The number of pyridine rings is 2. The van der Waals surface area contributed by atoms with Gasteiger partial charge in [-0.05, 0) is 40.2 Å². The highest BCUT2D eigenvalue weighted by Gasteiger charge is 2.06. The van der Waals surface area contributed by atoms with E-state index >= 15 is 0 Å². The fraction of sp³-hybridized carbons (Fsp3) is 0.167. The van der Waals surface area contributed by atoms with Gasteiger partial charge in [0.1, 0.15) is 11.2 Å². The maximum atomic E-state index is 5.64. The zero-order valence-electron chi connectivity index (χ0n) is 9.26. The second kappa shape index (κ2) is 5.63. The van der Waals surface area contributed by atoms with E-state index < -0.39 is 0 Å². The first-order valence-electron chi connectivity index (χ1n) is 5.02. The van der Waals surface area contributed by atoms with Crippen molar-refractivity contribution in [3.63, 3.8) is 0 Å². The maximum absolute atomic E-state index is 5.64. The summed E-state index contributed by atoms with van der Waals surface area (Å²) in [5.41, 5.74) is 0.894. The normalized spacial score (nSPS) is 10.0. The molecule has 2 heterocycles. The number of nitrogens with zero attached hydrogens (tertiary/aromatic N) is 2. The highest BCUT2D eigenvalue weighted by Crippen LogP contribution is 2.23. The Morgan fingerprint density at radius 3 is 2.71 bits per heavy atom. The summed E-state index contributed by atoms with van der Waals surface area (Å²) in [4.78, 5) is 8.18. The third-order valence-electron chi connectivity index (χ3n) is 2.15. The van der Waals surface area contributed by atoms with Crippen LogP contribution in [0.2, 0.25) is 0 Å². The van der Waals surface area contributed by atoms with Crippen molar-refractivity contribution in [2.24, 2.45) is 0 Å². The van der Waals surface area contributed by atoms with E-state index in [2.05, 4.69) is 25.9 Å². The van der Waals surface area contributed by atoms with Gasteiger partial charge >= 0.3 is 0 Å². The second-order valence-corrected chi connectivity index (χ2v) is 4.00. The smallest absolute Gasteiger partial charge is 0.219 e. The van der Waals surface area contributed by atoms with Crippen LogP contribution < -0.4 is 9.47 Å². The fourth-order valence-corrected chi connectivity index (χ4v) is 1.72. The highest BCUT2D eigenvalue weighted by atomic mass is 79.9. The zero-order chi connectivity index (χ0) is 12.1. The van der Waals surface area contributed by atoms with Crippen LogP contribution in [-0.4, -0.2) is 17.1 Å². The Kier molecular flexibility index (Phi) is 3.93. The number of methoxy groups -OCH3 is 1. The molecule has 0 radical (unpaired) electrons. The van der Waals surface area contributed by atoms with Crippen LogP contribution in [0.3, 0.4) is 0 Å². The third kappa shape index (κ3) is 2.94. The lowest BCUT2D eigenvalue weighted by Gasteiger charge is -2.09. The van der Waals surface area contributed by atoms with Gasteiger partial charge in [-0.2, -0.15) is 0 Å². The van der Waals surface area contributed by atoms with Crippen LogP contribution in [0.25, 0.3) is 0 Å². The summed E-state index contributed by atoms with van der Waals surface area (Å²) in [6.45, 7) is 0.390. The van der Waals surface area contributed by atoms with E-state index in [0.717, 1.165) is 5.56 Å². The minimum absolute atomic E-state index is 0.390. The Morgan fingerprint density at radius 1 is 1.18 bits per heavy atom. The number of aromatic nitrogens is 2. The van der Waals surface area contributed by atoms with Gasteiger partial charge in [0.05, 0.1) is 12.7 Å². The quantitative estimate of drug-likeness (QED) is 0.814. The van der Waals surface area contributed by atoms with Crippen molar-refractivity contribution in [2.75, 3.05) is 7.11 Å². The van der Waals surface area contributed by atoms with Crippen molar-refractivity contribution < 1.29 is 9.47 Å². The molecular weight excluding hydrogens is 284 g/mol. The molecule has 0 fully saturated rings. The minimum atomic E-state index is 0.390. The number of halogens is 1. The molecule has 4 nitrogen and oxygen atoms in total. The van der Waals surface area contributed by atoms with Crippen molar-refractivity contribution in [3.05, 3.63) is 46.8 Å². The number of hydrogen-bond donors (Lipinski definition) is 0. The Balaban J connectivity index is 2.10. The molecule has 0 spiro atoms. The molecule has 0 amide bonds. The molecule has 0 saturated carbocycles. The second-order valence-electron chi connectivity index (χ2n) is 3.25.